The molecule has 0 saturated heterocycles. The molecule has 2 heteroatoms. The van der Waals surface area contributed by atoms with E-state index in [0.717, 1.165) is 17.8 Å². The van der Waals surface area contributed by atoms with E-state index in [1.807, 2.05) is 0 Å². The van der Waals surface area contributed by atoms with Crippen LogP contribution in [-0.4, -0.2) is 16.7 Å². The van der Waals surface area contributed by atoms with E-state index in [0.29, 0.717) is 11.8 Å². The Kier molecular flexibility index (Phi) is 6.78. The summed E-state index contributed by atoms with van der Waals surface area (Å²) in [6.45, 7) is 16.4. The first-order valence-corrected chi connectivity index (χ1v) is 9.68. The van der Waals surface area contributed by atoms with Gasteiger partial charge in [0.25, 0.3) is 0 Å². The van der Waals surface area contributed by atoms with Gasteiger partial charge in [0.2, 0.25) is 0 Å². The zero-order valence-electron chi connectivity index (χ0n) is 16.7. The topological polar surface area (TPSA) is 51.7 Å². The maximum Gasteiger partial charge on any atom is 0.0606 e. The minimum Gasteiger partial charge on any atom is -0.412 e. The summed E-state index contributed by atoms with van der Waals surface area (Å²) < 4.78 is 0. The van der Waals surface area contributed by atoms with E-state index in [1.165, 1.54) is 38.5 Å². The van der Waals surface area contributed by atoms with Crippen LogP contribution in [0.3, 0.4) is 0 Å². The van der Waals surface area contributed by atoms with E-state index in [1.54, 1.807) is 0 Å². The van der Waals surface area contributed by atoms with Crippen LogP contribution in [-0.2, 0) is 0 Å². The van der Waals surface area contributed by atoms with E-state index < -0.39 is 0 Å². The highest BCUT2D eigenvalue weighted by Crippen LogP contribution is 2.52. The Morgan fingerprint density at radius 3 is 1.48 bits per heavy atom. The predicted molar refractivity (Wildman–Crippen MR) is 101 cm³/mol. The molecule has 2 saturated carbocycles. The largest absolute Gasteiger partial charge is 0.412 e. The minimum atomic E-state index is -0.126. The van der Waals surface area contributed by atoms with Crippen LogP contribution in [0.4, 0.5) is 0 Å². The van der Waals surface area contributed by atoms with Gasteiger partial charge >= 0.3 is 0 Å². The fraction of sp³-hybridized carbons (Fsp3) is 1.00. The first-order valence-electron chi connectivity index (χ1n) is 9.68. The molecule has 0 bridgehead atoms. The van der Waals surface area contributed by atoms with E-state index in [4.69, 9.17) is 0 Å². The molecule has 0 aromatic carbocycles. The molecule has 0 radical (unpaired) electrons. The minimum absolute atomic E-state index is 0. The maximum atomic E-state index is 11.1. The van der Waals surface area contributed by atoms with Gasteiger partial charge in [-0.05, 0) is 66.1 Å². The Morgan fingerprint density at radius 2 is 1.13 bits per heavy atom. The van der Waals surface area contributed by atoms with Crippen LogP contribution in [0.15, 0.2) is 0 Å². The zero-order valence-corrected chi connectivity index (χ0v) is 16.7. The quantitative estimate of drug-likeness (QED) is 0.695. The van der Waals surface area contributed by atoms with Crippen molar-refractivity contribution in [3.05, 3.63) is 0 Å². The molecule has 0 aliphatic heterocycles. The van der Waals surface area contributed by atoms with Crippen LogP contribution < -0.4 is 0 Å². The molecule has 2 aliphatic carbocycles. The molecule has 0 spiro atoms. The molecular weight excluding hydrogens is 284 g/mol. The Hall–Kier alpha value is -0.0800. The number of hydrogen-bond acceptors (Lipinski definition) is 1. The second-order valence-corrected chi connectivity index (χ2v) is 10.7. The van der Waals surface area contributed by atoms with Crippen molar-refractivity contribution >= 4 is 0 Å². The molecule has 140 valence electrons. The highest BCUT2D eigenvalue weighted by atomic mass is 16.3. The fourth-order valence-electron chi connectivity index (χ4n) is 5.18. The SMILES string of the molecule is CC1CCC(C2CC(C(C)(C)C)C(O)C(C(C)(C)C)C2)CC1.O.[HH]. The second kappa shape index (κ2) is 7.44. The molecule has 0 heterocycles. The molecule has 23 heavy (non-hydrogen) atoms. The Labute approximate surface area is 146 Å². The van der Waals surface area contributed by atoms with Crippen LogP contribution in [0, 0.1) is 40.4 Å². The lowest BCUT2D eigenvalue weighted by Crippen LogP contribution is -2.49. The van der Waals surface area contributed by atoms with Gasteiger partial charge in [-0.15, -0.1) is 0 Å². The molecule has 0 aromatic rings. The van der Waals surface area contributed by atoms with Gasteiger partial charge in [-0.1, -0.05) is 61.3 Å². The first kappa shape index (κ1) is 21.0. The highest BCUT2D eigenvalue weighted by Gasteiger charge is 2.47. The van der Waals surface area contributed by atoms with Crippen molar-refractivity contribution in [2.24, 2.45) is 40.4 Å². The van der Waals surface area contributed by atoms with Gasteiger partial charge in [0.1, 0.15) is 0 Å². The van der Waals surface area contributed by atoms with Gasteiger partial charge in [-0.25, -0.2) is 0 Å². The number of hydrogen-bond donors (Lipinski definition) is 1. The summed E-state index contributed by atoms with van der Waals surface area (Å²) in [6.07, 6.45) is 8.06. The summed E-state index contributed by atoms with van der Waals surface area (Å²) in [5.74, 6) is 3.59. The zero-order chi connectivity index (χ0) is 16.7. The van der Waals surface area contributed by atoms with Crippen molar-refractivity contribution in [1.29, 1.82) is 0 Å². The second-order valence-electron chi connectivity index (χ2n) is 10.7. The lowest BCUT2D eigenvalue weighted by atomic mass is 9.56. The normalized spacial score (nSPS) is 39.7. The molecule has 0 amide bonds. The molecule has 2 atom stereocenters. The first-order chi connectivity index (χ1) is 10.00. The molecule has 2 aliphatic rings. The predicted octanol–water partition coefficient (Wildman–Crippen LogP) is 5.33. The van der Waals surface area contributed by atoms with Crippen molar-refractivity contribution in [3.63, 3.8) is 0 Å². The van der Waals surface area contributed by atoms with E-state index in [9.17, 15) is 5.11 Å². The summed E-state index contributed by atoms with van der Waals surface area (Å²) in [5.41, 5.74) is 0.424. The van der Waals surface area contributed by atoms with Gasteiger partial charge in [0, 0.05) is 1.43 Å². The van der Waals surface area contributed by atoms with E-state index in [-0.39, 0.29) is 23.8 Å². The summed E-state index contributed by atoms with van der Waals surface area (Å²) in [5, 5.41) is 11.1. The third-order valence-electron chi connectivity index (χ3n) is 6.89. The van der Waals surface area contributed by atoms with Gasteiger partial charge in [-0.2, -0.15) is 0 Å². The van der Waals surface area contributed by atoms with Crippen molar-refractivity contribution in [2.45, 2.75) is 93.1 Å². The fourth-order valence-corrected chi connectivity index (χ4v) is 5.18. The van der Waals surface area contributed by atoms with Gasteiger partial charge in [0.05, 0.1) is 6.10 Å². The molecular formula is C21H44O2. The molecule has 0 aromatic heterocycles. The Morgan fingerprint density at radius 1 is 0.739 bits per heavy atom. The molecule has 2 nitrogen and oxygen atoms in total. The van der Waals surface area contributed by atoms with Crippen LogP contribution in [0.5, 0.6) is 0 Å². The van der Waals surface area contributed by atoms with Crippen LogP contribution in [0.2, 0.25) is 0 Å². The Bertz CT molecular complexity index is 337. The Balaban J connectivity index is 0.00000264. The van der Waals surface area contributed by atoms with Crippen molar-refractivity contribution in [2.75, 3.05) is 0 Å². The van der Waals surface area contributed by atoms with Gasteiger partial charge < -0.3 is 10.6 Å². The lowest BCUT2D eigenvalue weighted by Gasteiger charge is -2.51. The highest BCUT2D eigenvalue weighted by molar-refractivity contribution is 4.97. The smallest absolute Gasteiger partial charge is 0.0606 e. The van der Waals surface area contributed by atoms with Crippen LogP contribution in [0.25, 0.3) is 0 Å². The molecule has 2 rings (SSSR count). The molecule has 3 N–H and O–H groups in total. The van der Waals surface area contributed by atoms with Gasteiger partial charge in [-0.3, -0.25) is 0 Å². The van der Waals surface area contributed by atoms with Crippen molar-refractivity contribution in [3.8, 4) is 0 Å². The summed E-state index contributed by atoms with van der Waals surface area (Å²) in [7, 11) is 0. The number of rotatable bonds is 1. The summed E-state index contributed by atoms with van der Waals surface area (Å²) >= 11 is 0. The van der Waals surface area contributed by atoms with E-state index in [2.05, 4.69) is 48.5 Å². The monoisotopic (exact) mass is 328 g/mol. The average molecular weight is 329 g/mol. The number of aliphatic hydroxyl groups excluding tert-OH is 1. The summed E-state index contributed by atoms with van der Waals surface area (Å²) in [4.78, 5) is 0. The lowest BCUT2D eigenvalue weighted by molar-refractivity contribution is -0.0946. The third-order valence-corrected chi connectivity index (χ3v) is 6.89. The molecule has 2 unspecified atom stereocenters. The van der Waals surface area contributed by atoms with Crippen LogP contribution >= 0.6 is 0 Å². The standard InChI is InChI=1S/C21H40O.H2O.H2/c1-14-8-10-15(11-9-14)16-12-17(20(2,3)4)19(22)18(13-16)21(5,6)7;;/h14-19,22H,8-13H2,1-7H3;1H2;1H. The van der Waals surface area contributed by atoms with E-state index >= 15 is 0 Å². The summed E-state index contributed by atoms with van der Waals surface area (Å²) in [6, 6.07) is 0. The number of aliphatic hydroxyl groups is 1. The van der Waals surface area contributed by atoms with Crippen molar-refractivity contribution < 1.29 is 12.0 Å². The van der Waals surface area contributed by atoms with Gasteiger partial charge in [0.15, 0.2) is 0 Å². The average Bonchev–Trinajstić information content (AvgIpc) is 2.37. The van der Waals surface area contributed by atoms with Crippen LogP contribution in [0.1, 0.15) is 88.4 Å². The maximum absolute atomic E-state index is 11.1. The molecule has 2 fully saturated rings. The third kappa shape index (κ3) is 4.95. The van der Waals surface area contributed by atoms with Crippen molar-refractivity contribution in [1.82, 2.24) is 0 Å².